The second kappa shape index (κ2) is 4.04. The van der Waals surface area contributed by atoms with Crippen LogP contribution in [-0.4, -0.2) is 23.5 Å². The molecule has 1 rings (SSSR count). The lowest BCUT2D eigenvalue weighted by atomic mass is 10.3. The zero-order valence-electron chi connectivity index (χ0n) is 7.52. The Morgan fingerprint density at radius 2 is 1.82 bits per heavy atom. The minimum absolute atomic E-state index is 1.20. The van der Waals surface area contributed by atoms with Crippen LogP contribution < -0.4 is 0 Å². The van der Waals surface area contributed by atoms with E-state index in [4.69, 9.17) is 8.85 Å². The molecule has 0 aromatic heterocycles. The summed E-state index contributed by atoms with van der Waals surface area (Å²) >= 11 is 0. The molecule has 0 N–H and O–H groups in total. The topological polar surface area (TPSA) is 18.5 Å². The molecule has 0 bridgehead atoms. The summed E-state index contributed by atoms with van der Waals surface area (Å²) in [4.78, 5) is 0. The monoisotopic (exact) mass is 172 g/mol. The molecular weight excluding hydrogens is 156 g/mol. The van der Waals surface area contributed by atoms with E-state index in [0.29, 0.717) is 0 Å². The van der Waals surface area contributed by atoms with Crippen molar-refractivity contribution < 1.29 is 8.85 Å². The van der Waals surface area contributed by atoms with Crippen molar-refractivity contribution >= 4 is 9.28 Å². The Balaban J connectivity index is 2.63. The normalized spacial score (nSPS) is 18.5. The quantitative estimate of drug-likeness (QED) is 0.601. The maximum absolute atomic E-state index is 5.31. The molecule has 0 heterocycles. The third kappa shape index (κ3) is 1.92. The first-order valence-corrected chi connectivity index (χ1v) is 5.55. The predicted octanol–water partition coefficient (Wildman–Crippen LogP) is 1.54. The first kappa shape index (κ1) is 8.97. The van der Waals surface area contributed by atoms with Crippen LogP contribution in [0.15, 0.2) is 10.8 Å². The molecule has 1 aliphatic rings. The van der Waals surface area contributed by atoms with Crippen LogP contribution >= 0.6 is 0 Å². The number of hydrogen-bond donors (Lipinski definition) is 0. The Labute approximate surface area is 70.0 Å². The van der Waals surface area contributed by atoms with Gasteiger partial charge >= 0.3 is 9.28 Å². The smallest absolute Gasteiger partial charge is 0.351 e. The van der Waals surface area contributed by atoms with Crippen molar-refractivity contribution in [3.05, 3.63) is 10.8 Å². The van der Waals surface area contributed by atoms with Crippen LogP contribution in [0.25, 0.3) is 0 Å². The predicted molar refractivity (Wildman–Crippen MR) is 47.7 cm³/mol. The van der Waals surface area contributed by atoms with Gasteiger partial charge in [-0.1, -0.05) is 5.57 Å². The molecule has 0 aromatic carbocycles. The zero-order chi connectivity index (χ0) is 8.27. The summed E-state index contributed by atoms with van der Waals surface area (Å²) < 4.78 is 10.6. The van der Waals surface area contributed by atoms with Gasteiger partial charge in [0.15, 0.2) is 0 Å². The average molecular weight is 172 g/mol. The fourth-order valence-corrected chi connectivity index (χ4v) is 3.37. The van der Waals surface area contributed by atoms with Gasteiger partial charge in [0.25, 0.3) is 0 Å². The lowest BCUT2D eigenvalue weighted by Crippen LogP contribution is -2.22. The highest BCUT2D eigenvalue weighted by molar-refractivity contribution is 6.53. The first-order valence-electron chi connectivity index (χ1n) is 4.03. The SMILES string of the molecule is CO[SiH](OC)C1=C(C)CCC1. The van der Waals surface area contributed by atoms with Gasteiger partial charge in [0.1, 0.15) is 0 Å². The Bertz CT molecular complexity index is 161. The molecule has 0 unspecified atom stereocenters. The van der Waals surface area contributed by atoms with Crippen molar-refractivity contribution in [3.63, 3.8) is 0 Å². The Morgan fingerprint density at radius 1 is 1.18 bits per heavy atom. The summed E-state index contributed by atoms with van der Waals surface area (Å²) in [6.07, 6.45) is 3.73. The van der Waals surface area contributed by atoms with Crippen molar-refractivity contribution in [2.75, 3.05) is 14.2 Å². The lowest BCUT2D eigenvalue weighted by molar-refractivity contribution is 0.286. The third-order valence-corrected chi connectivity index (χ3v) is 4.47. The van der Waals surface area contributed by atoms with Gasteiger partial charge in [0, 0.05) is 14.2 Å². The molecule has 0 fully saturated rings. The van der Waals surface area contributed by atoms with Crippen LogP contribution in [0.1, 0.15) is 26.2 Å². The molecule has 0 aliphatic heterocycles. The van der Waals surface area contributed by atoms with E-state index < -0.39 is 9.28 Å². The van der Waals surface area contributed by atoms with Crippen LogP contribution in [-0.2, 0) is 8.85 Å². The molecule has 0 saturated carbocycles. The molecule has 1 aliphatic carbocycles. The molecular formula is C8H16O2Si. The first-order chi connectivity index (χ1) is 5.29. The maximum atomic E-state index is 5.31. The van der Waals surface area contributed by atoms with E-state index in [-0.39, 0.29) is 0 Å². The van der Waals surface area contributed by atoms with Gasteiger partial charge < -0.3 is 8.85 Å². The molecule has 11 heavy (non-hydrogen) atoms. The third-order valence-electron chi connectivity index (χ3n) is 2.26. The second-order valence-electron chi connectivity index (χ2n) is 2.96. The summed E-state index contributed by atoms with van der Waals surface area (Å²) in [5.41, 5.74) is 1.50. The van der Waals surface area contributed by atoms with Crippen LogP contribution in [0.5, 0.6) is 0 Å². The van der Waals surface area contributed by atoms with Crippen LogP contribution in [0.2, 0.25) is 0 Å². The molecule has 3 heteroatoms. The van der Waals surface area contributed by atoms with Crippen LogP contribution in [0.4, 0.5) is 0 Å². The van der Waals surface area contributed by atoms with E-state index in [1.54, 1.807) is 14.2 Å². The van der Waals surface area contributed by atoms with E-state index in [0.717, 1.165) is 0 Å². The summed E-state index contributed by atoms with van der Waals surface area (Å²) in [7, 11) is 2.08. The van der Waals surface area contributed by atoms with Crippen LogP contribution in [0.3, 0.4) is 0 Å². The highest BCUT2D eigenvalue weighted by Crippen LogP contribution is 2.27. The molecule has 0 aromatic rings. The molecule has 0 spiro atoms. The second-order valence-corrected chi connectivity index (χ2v) is 5.27. The standard InChI is InChI=1S/C8H16O2Si/c1-7-5-4-6-8(7)11(9-2)10-3/h11H,4-6H2,1-3H3. The number of allylic oxidation sites excluding steroid dienone is 2. The molecule has 0 radical (unpaired) electrons. The number of hydrogen-bond acceptors (Lipinski definition) is 2. The van der Waals surface area contributed by atoms with E-state index in [2.05, 4.69) is 6.92 Å². The highest BCUT2D eigenvalue weighted by atomic mass is 28.3. The number of rotatable bonds is 3. The molecule has 0 atom stereocenters. The van der Waals surface area contributed by atoms with E-state index in [1.807, 2.05) is 0 Å². The van der Waals surface area contributed by atoms with Crippen molar-refractivity contribution in [2.45, 2.75) is 26.2 Å². The van der Waals surface area contributed by atoms with Gasteiger partial charge in [-0.15, -0.1) is 0 Å². The van der Waals surface area contributed by atoms with Gasteiger partial charge in [0.05, 0.1) is 0 Å². The van der Waals surface area contributed by atoms with Crippen LogP contribution in [0, 0.1) is 0 Å². The summed E-state index contributed by atoms with van der Waals surface area (Å²) in [5.74, 6) is 0. The van der Waals surface area contributed by atoms with Crippen molar-refractivity contribution in [2.24, 2.45) is 0 Å². The van der Waals surface area contributed by atoms with E-state index >= 15 is 0 Å². The Kier molecular flexibility index (Phi) is 3.30. The summed E-state index contributed by atoms with van der Waals surface area (Å²) in [6.45, 7) is 2.19. The molecule has 64 valence electrons. The van der Waals surface area contributed by atoms with Crippen molar-refractivity contribution in [3.8, 4) is 0 Å². The van der Waals surface area contributed by atoms with Gasteiger partial charge in [-0.3, -0.25) is 0 Å². The summed E-state index contributed by atoms with van der Waals surface area (Å²) in [6, 6.07) is 0. The lowest BCUT2D eigenvalue weighted by Gasteiger charge is -2.12. The van der Waals surface area contributed by atoms with E-state index in [9.17, 15) is 0 Å². The van der Waals surface area contributed by atoms with Gasteiger partial charge in [0.2, 0.25) is 0 Å². The van der Waals surface area contributed by atoms with E-state index in [1.165, 1.54) is 30.0 Å². The van der Waals surface area contributed by atoms with Gasteiger partial charge in [-0.05, 0) is 31.4 Å². The fourth-order valence-electron chi connectivity index (χ4n) is 1.62. The average Bonchev–Trinajstić information content (AvgIpc) is 2.40. The maximum Gasteiger partial charge on any atom is 0.351 e. The van der Waals surface area contributed by atoms with Crippen molar-refractivity contribution in [1.29, 1.82) is 0 Å². The Hall–Kier alpha value is -0.123. The largest absolute Gasteiger partial charge is 0.397 e. The highest BCUT2D eigenvalue weighted by Gasteiger charge is 2.22. The molecule has 2 nitrogen and oxygen atoms in total. The molecule has 0 saturated heterocycles. The Morgan fingerprint density at radius 3 is 2.18 bits per heavy atom. The van der Waals surface area contributed by atoms with Gasteiger partial charge in [-0.25, -0.2) is 0 Å². The summed E-state index contributed by atoms with van der Waals surface area (Å²) in [5, 5.41) is 1.48. The van der Waals surface area contributed by atoms with Gasteiger partial charge in [-0.2, -0.15) is 0 Å². The minimum atomic E-state index is -1.42. The zero-order valence-corrected chi connectivity index (χ0v) is 8.67. The minimum Gasteiger partial charge on any atom is -0.397 e. The van der Waals surface area contributed by atoms with Crippen molar-refractivity contribution in [1.82, 2.24) is 0 Å². The fraction of sp³-hybridized carbons (Fsp3) is 0.750. The molecule has 0 amide bonds.